The molecule has 2 aliphatic carbocycles. The summed E-state index contributed by atoms with van der Waals surface area (Å²) < 4.78 is 0. The van der Waals surface area contributed by atoms with Gasteiger partial charge in [-0.2, -0.15) is 0 Å². The van der Waals surface area contributed by atoms with Crippen molar-refractivity contribution in [2.24, 2.45) is 11.3 Å². The Kier molecular flexibility index (Phi) is 3.92. The number of nitrogens with zero attached hydrogens (tertiary/aromatic N) is 1. The zero-order valence-electron chi connectivity index (χ0n) is 14.2. The topological polar surface area (TPSA) is 32.3 Å². The fourth-order valence-electron chi connectivity index (χ4n) is 4.37. The highest BCUT2D eigenvalue weighted by molar-refractivity contribution is 5.81. The molecule has 2 saturated carbocycles. The Morgan fingerprint density at radius 3 is 2.57 bits per heavy atom. The van der Waals surface area contributed by atoms with Gasteiger partial charge in [-0.1, -0.05) is 24.3 Å². The van der Waals surface area contributed by atoms with E-state index < -0.39 is 0 Å². The molecule has 124 valence electrons. The van der Waals surface area contributed by atoms with E-state index >= 15 is 0 Å². The minimum absolute atomic E-state index is 0.321. The molecule has 1 aliphatic heterocycles. The van der Waals surface area contributed by atoms with Gasteiger partial charge in [-0.3, -0.25) is 9.69 Å². The summed E-state index contributed by atoms with van der Waals surface area (Å²) in [6.07, 6.45) is 7.24. The lowest BCUT2D eigenvalue weighted by atomic mass is 9.60. The van der Waals surface area contributed by atoms with Gasteiger partial charge in [-0.05, 0) is 75.1 Å². The maximum Gasteiger partial charge on any atom is 0.223 e. The zero-order chi connectivity index (χ0) is 15.9. The number of carbonyl (C=O) groups is 1. The first-order valence-electron chi connectivity index (χ1n) is 9.21. The molecule has 1 heterocycles. The largest absolute Gasteiger partial charge is 0.353 e. The van der Waals surface area contributed by atoms with Gasteiger partial charge in [0.15, 0.2) is 0 Å². The van der Waals surface area contributed by atoms with Gasteiger partial charge in [-0.15, -0.1) is 0 Å². The fraction of sp³-hybridized carbons (Fsp3) is 0.650. The molecule has 1 N–H and O–H groups in total. The summed E-state index contributed by atoms with van der Waals surface area (Å²) in [4.78, 5) is 14.4. The minimum atomic E-state index is 0.321. The van der Waals surface area contributed by atoms with Crippen LogP contribution in [0.5, 0.6) is 0 Å². The lowest BCUT2D eigenvalue weighted by Gasteiger charge is -2.52. The number of aryl methyl sites for hydroxylation is 1. The van der Waals surface area contributed by atoms with Gasteiger partial charge in [0, 0.05) is 18.5 Å². The molecule has 1 saturated heterocycles. The predicted molar refractivity (Wildman–Crippen MR) is 92.0 cm³/mol. The van der Waals surface area contributed by atoms with E-state index in [1.165, 1.54) is 49.9 Å². The maximum absolute atomic E-state index is 11.8. The molecule has 3 fully saturated rings. The van der Waals surface area contributed by atoms with Crippen LogP contribution in [0.2, 0.25) is 0 Å². The van der Waals surface area contributed by atoms with E-state index in [9.17, 15) is 4.79 Å². The van der Waals surface area contributed by atoms with Crippen molar-refractivity contribution in [1.82, 2.24) is 10.2 Å². The molecule has 0 bridgehead atoms. The number of hydrogen-bond acceptors (Lipinski definition) is 2. The fourth-order valence-corrected chi connectivity index (χ4v) is 4.37. The van der Waals surface area contributed by atoms with Crippen molar-refractivity contribution in [2.75, 3.05) is 13.1 Å². The number of nitrogens with one attached hydrogen (secondary N) is 1. The molecule has 0 aromatic heterocycles. The summed E-state index contributed by atoms with van der Waals surface area (Å²) >= 11 is 0. The summed E-state index contributed by atoms with van der Waals surface area (Å²) in [5.74, 6) is 0.671. The summed E-state index contributed by atoms with van der Waals surface area (Å²) in [6, 6.07) is 9.19. The Morgan fingerprint density at radius 2 is 1.91 bits per heavy atom. The highest BCUT2D eigenvalue weighted by atomic mass is 16.2. The third-order valence-electron chi connectivity index (χ3n) is 6.23. The molecule has 23 heavy (non-hydrogen) atoms. The van der Waals surface area contributed by atoms with Crippen molar-refractivity contribution in [3.8, 4) is 0 Å². The Hall–Kier alpha value is -1.35. The molecule has 0 atom stereocenters. The molecule has 1 spiro atoms. The van der Waals surface area contributed by atoms with E-state index in [1.807, 2.05) is 0 Å². The molecular weight excluding hydrogens is 284 g/mol. The number of hydrogen-bond donors (Lipinski definition) is 1. The monoisotopic (exact) mass is 312 g/mol. The van der Waals surface area contributed by atoms with Crippen LogP contribution < -0.4 is 5.32 Å². The Labute approximate surface area is 139 Å². The van der Waals surface area contributed by atoms with Gasteiger partial charge in [0.2, 0.25) is 5.91 Å². The van der Waals surface area contributed by atoms with Crippen LogP contribution in [0, 0.1) is 18.3 Å². The van der Waals surface area contributed by atoms with Gasteiger partial charge in [-0.25, -0.2) is 0 Å². The predicted octanol–water partition coefficient (Wildman–Crippen LogP) is 3.27. The van der Waals surface area contributed by atoms with Gasteiger partial charge in [0.1, 0.15) is 0 Å². The van der Waals surface area contributed by atoms with Crippen molar-refractivity contribution >= 4 is 5.91 Å². The highest BCUT2D eigenvalue weighted by Gasteiger charge is 2.47. The van der Waals surface area contributed by atoms with Gasteiger partial charge in [0.25, 0.3) is 0 Å². The van der Waals surface area contributed by atoms with Crippen LogP contribution in [0.1, 0.15) is 49.7 Å². The normalized spacial score (nSPS) is 24.4. The van der Waals surface area contributed by atoms with E-state index in [2.05, 4.69) is 41.4 Å². The molecule has 4 rings (SSSR count). The molecule has 1 amide bonds. The lowest BCUT2D eigenvalue weighted by Crippen LogP contribution is -2.55. The average Bonchev–Trinajstić information content (AvgIpc) is 3.35. The van der Waals surface area contributed by atoms with Crippen molar-refractivity contribution in [3.05, 3.63) is 35.4 Å². The van der Waals surface area contributed by atoms with Gasteiger partial charge in [0.05, 0.1) is 0 Å². The third-order valence-corrected chi connectivity index (χ3v) is 6.23. The molecule has 3 heteroatoms. The van der Waals surface area contributed by atoms with Crippen LogP contribution in [0.15, 0.2) is 24.3 Å². The van der Waals surface area contributed by atoms with Gasteiger partial charge < -0.3 is 5.32 Å². The van der Waals surface area contributed by atoms with E-state index in [0.29, 0.717) is 23.3 Å². The Bertz CT molecular complexity index is 577. The Balaban J connectivity index is 1.24. The SMILES string of the molecule is Cc1ccccc1CN1CCC2(CC1)CC(NC(=O)C1CC1)C2. The van der Waals surface area contributed by atoms with E-state index in [4.69, 9.17) is 0 Å². The smallest absolute Gasteiger partial charge is 0.223 e. The second-order valence-electron chi connectivity index (χ2n) is 8.09. The molecule has 0 radical (unpaired) electrons. The van der Waals surface area contributed by atoms with Gasteiger partial charge >= 0.3 is 0 Å². The molecular formula is C20H28N2O. The first-order chi connectivity index (χ1) is 11.1. The summed E-state index contributed by atoms with van der Waals surface area (Å²) in [7, 11) is 0. The number of benzene rings is 1. The number of amides is 1. The molecule has 0 unspecified atom stereocenters. The van der Waals surface area contributed by atoms with Crippen molar-refractivity contribution < 1.29 is 4.79 Å². The lowest BCUT2D eigenvalue weighted by molar-refractivity contribution is -0.125. The molecule has 3 nitrogen and oxygen atoms in total. The summed E-state index contributed by atoms with van der Waals surface area (Å²) in [5.41, 5.74) is 3.40. The van der Waals surface area contributed by atoms with Crippen molar-refractivity contribution in [3.63, 3.8) is 0 Å². The zero-order valence-corrected chi connectivity index (χ0v) is 14.2. The van der Waals surface area contributed by atoms with Crippen LogP contribution in [0.4, 0.5) is 0 Å². The summed E-state index contributed by atoms with van der Waals surface area (Å²) in [5, 5.41) is 3.26. The highest BCUT2D eigenvalue weighted by Crippen LogP contribution is 2.49. The van der Waals surface area contributed by atoms with E-state index in [1.54, 1.807) is 0 Å². The van der Waals surface area contributed by atoms with Crippen LogP contribution in [-0.2, 0) is 11.3 Å². The number of carbonyl (C=O) groups excluding carboxylic acids is 1. The molecule has 1 aromatic rings. The quantitative estimate of drug-likeness (QED) is 0.925. The average molecular weight is 312 g/mol. The van der Waals surface area contributed by atoms with Crippen LogP contribution in [0.25, 0.3) is 0 Å². The van der Waals surface area contributed by atoms with E-state index in [-0.39, 0.29) is 0 Å². The maximum atomic E-state index is 11.8. The Morgan fingerprint density at radius 1 is 1.22 bits per heavy atom. The minimum Gasteiger partial charge on any atom is -0.353 e. The van der Waals surface area contributed by atoms with E-state index in [0.717, 1.165) is 19.4 Å². The van der Waals surface area contributed by atoms with Crippen LogP contribution in [-0.4, -0.2) is 29.9 Å². The number of piperidine rings is 1. The molecule has 3 aliphatic rings. The van der Waals surface area contributed by atoms with Crippen LogP contribution in [0.3, 0.4) is 0 Å². The molecule has 1 aromatic carbocycles. The second kappa shape index (κ2) is 5.94. The first kappa shape index (κ1) is 15.2. The van der Waals surface area contributed by atoms with Crippen molar-refractivity contribution in [1.29, 1.82) is 0 Å². The van der Waals surface area contributed by atoms with Crippen molar-refractivity contribution in [2.45, 2.75) is 58.0 Å². The van der Waals surface area contributed by atoms with Crippen LogP contribution >= 0.6 is 0 Å². The summed E-state index contributed by atoms with van der Waals surface area (Å²) in [6.45, 7) is 5.71. The number of rotatable bonds is 4. The second-order valence-corrected chi connectivity index (χ2v) is 8.09. The number of likely N-dealkylation sites (tertiary alicyclic amines) is 1. The third kappa shape index (κ3) is 3.30. The first-order valence-corrected chi connectivity index (χ1v) is 9.21. The standard InChI is InChI=1S/C20H28N2O/c1-15-4-2-3-5-17(15)14-22-10-8-20(9-11-22)12-18(13-20)21-19(23)16-6-7-16/h2-5,16,18H,6-14H2,1H3,(H,21,23).